The van der Waals surface area contributed by atoms with Gasteiger partial charge in [0.25, 0.3) is 0 Å². The van der Waals surface area contributed by atoms with Crippen LogP contribution in [0.15, 0.2) is 36.4 Å². The molecule has 2 aromatic rings. The van der Waals surface area contributed by atoms with E-state index in [-0.39, 0.29) is 23.6 Å². The van der Waals surface area contributed by atoms with Crippen LogP contribution in [0, 0.1) is 12.7 Å². The van der Waals surface area contributed by atoms with Crippen molar-refractivity contribution >= 4 is 0 Å². The van der Waals surface area contributed by atoms with Crippen molar-refractivity contribution in [3.05, 3.63) is 58.9 Å². The first-order valence-electron chi connectivity index (χ1n) is 6.15. The van der Waals surface area contributed by atoms with E-state index in [1.165, 1.54) is 24.3 Å². The number of ether oxygens (including phenoxy) is 1. The predicted molar refractivity (Wildman–Crippen MR) is 70.5 cm³/mol. The molecular formula is C15H13F4NO. The molecule has 21 heavy (non-hydrogen) atoms. The highest BCUT2D eigenvalue weighted by Gasteiger charge is 2.33. The third-order valence-corrected chi connectivity index (χ3v) is 2.92. The van der Waals surface area contributed by atoms with Crippen molar-refractivity contribution in [2.75, 3.05) is 0 Å². The van der Waals surface area contributed by atoms with Gasteiger partial charge in [0.05, 0.1) is 5.56 Å². The summed E-state index contributed by atoms with van der Waals surface area (Å²) in [4.78, 5) is 0. The Morgan fingerprint density at radius 2 is 1.81 bits per heavy atom. The van der Waals surface area contributed by atoms with E-state index < -0.39 is 17.6 Å². The molecule has 0 radical (unpaired) electrons. The van der Waals surface area contributed by atoms with Crippen LogP contribution in [-0.2, 0) is 12.7 Å². The molecule has 0 bridgehead atoms. The summed E-state index contributed by atoms with van der Waals surface area (Å²) in [5.74, 6) is -0.857. The molecule has 2 nitrogen and oxygen atoms in total. The van der Waals surface area contributed by atoms with Crippen LogP contribution < -0.4 is 10.5 Å². The summed E-state index contributed by atoms with van der Waals surface area (Å²) < 4.78 is 57.5. The summed E-state index contributed by atoms with van der Waals surface area (Å²) in [7, 11) is 0. The molecule has 112 valence electrons. The zero-order valence-corrected chi connectivity index (χ0v) is 11.2. The molecule has 0 fully saturated rings. The largest absolute Gasteiger partial charge is 0.454 e. The lowest BCUT2D eigenvalue weighted by Gasteiger charge is -2.14. The molecule has 2 aromatic carbocycles. The molecule has 0 aromatic heterocycles. The molecule has 0 atom stereocenters. The highest BCUT2D eigenvalue weighted by atomic mass is 19.4. The fourth-order valence-electron chi connectivity index (χ4n) is 1.88. The van der Waals surface area contributed by atoms with Crippen LogP contribution in [0.1, 0.15) is 16.7 Å². The van der Waals surface area contributed by atoms with E-state index in [0.29, 0.717) is 0 Å². The number of aryl methyl sites for hydroxylation is 1. The zero-order chi connectivity index (χ0) is 15.6. The number of benzene rings is 2. The maximum Gasteiger partial charge on any atom is 0.416 e. The number of halogens is 4. The smallest absolute Gasteiger partial charge is 0.416 e. The Balaban J connectivity index is 2.39. The monoisotopic (exact) mass is 299 g/mol. The first kappa shape index (κ1) is 15.3. The van der Waals surface area contributed by atoms with Crippen LogP contribution in [0.25, 0.3) is 0 Å². The van der Waals surface area contributed by atoms with Crippen LogP contribution in [0.5, 0.6) is 11.5 Å². The highest BCUT2D eigenvalue weighted by Crippen LogP contribution is 2.35. The molecule has 2 N–H and O–H groups in total. The first-order valence-corrected chi connectivity index (χ1v) is 6.15. The molecule has 0 saturated heterocycles. The summed E-state index contributed by atoms with van der Waals surface area (Å²) >= 11 is 0. The Labute approximate surface area is 119 Å². The molecule has 6 heteroatoms. The highest BCUT2D eigenvalue weighted by molar-refractivity contribution is 5.41. The van der Waals surface area contributed by atoms with E-state index in [2.05, 4.69) is 0 Å². The second kappa shape index (κ2) is 5.73. The van der Waals surface area contributed by atoms with Crippen molar-refractivity contribution in [3.63, 3.8) is 0 Å². The Kier molecular flexibility index (Phi) is 4.18. The maximum absolute atomic E-state index is 13.6. The fourth-order valence-corrected chi connectivity index (χ4v) is 1.88. The Hall–Kier alpha value is -2.08. The molecule has 2 rings (SSSR count). The first-order chi connectivity index (χ1) is 9.81. The molecule has 0 aliphatic rings. The van der Waals surface area contributed by atoms with Gasteiger partial charge < -0.3 is 10.5 Å². The lowest BCUT2D eigenvalue weighted by atomic mass is 10.1. The van der Waals surface area contributed by atoms with E-state index in [1.54, 1.807) is 13.0 Å². The van der Waals surface area contributed by atoms with E-state index in [1.807, 2.05) is 0 Å². The Bertz CT molecular complexity index is 653. The summed E-state index contributed by atoms with van der Waals surface area (Å²) in [5.41, 5.74) is 5.11. The summed E-state index contributed by atoms with van der Waals surface area (Å²) in [6.07, 6.45) is -4.54. The molecule has 0 aliphatic heterocycles. The van der Waals surface area contributed by atoms with Crippen LogP contribution in [0.3, 0.4) is 0 Å². The second-order valence-corrected chi connectivity index (χ2v) is 4.56. The summed E-state index contributed by atoms with van der Waals surface area (Å²) in [6.45, 7) is 1.49. The van der Waals surface area contributed by atoms with Crippen molar-refractivity contribution in [2.45, 2.75) is 19.6 Å². The van der Waals surface area contributed by atoms with Gasteiger partial charge in [-0.05, 0) is 42.3 Å². The van der Waals surface area contributed by atoms with Crippen molar-refractivity contribution in [2.24, 2.45) is 5.73 Å². The predicted octanol–water partition coefficient (Wildman–Crippen LogP) is 4.40. The van der Waals surface area contributed by atoms with Crippen LogP contribution in [0.2, 0.25) is 0 Å². The normalized spacial score (nSPS) is 11.5. The van der Waals surface area contributed by atoms with Gasteiger partial charge in [-0.1, -0.05) is 12.1 Å². The van der Waals surface area contributed by atoms with Crippen LogP contribution in [-0.4, -0.2) is 0 Å². The number of hydrogen-bond acceptors (Lipinski definition) is 2. The van der Waals surface area contributed by atoms with Gasteiger partial charge in [0.1, 0.15) is 5.75 Å². The fraction of sp³-hybridized carbons (Fsp3) is 0.200. The third kappa shape index (κ3) is 3.52. The Morgan fingerprint density at radius 3 is 2.43 bits per heavy atom. The van der Waals surface area contributed by atoms with Gasteiger partial charge in [0.15, 0.2) is 11.6 Å². The minimum absolute atomic E-state index is 0.0421. The topological polar surface area (TPSA) is 35.2 Å². The van der Waals surface area contributed by atoms with E-state index in [9.17, 15) is 17.6 Å². The second-order valence-electron chi connectivity index (χ2n) is 4.56. The van der Waals surface area contributed by atoms with E-state index in [0.717, 1.165) is 11.6 Å². The number of alkyl halides is 3. The quantitative estimate of drug-likeness (QED) is 0.852. The minimum Gasteiger partial charge on any atom is -0.454 e. The number of rotatable bonds is 3. The molecule has 0 heterocycles. The van der Waals surface area contributed by atoms with Crippen molar-refractivity contribution < 1.29 is 22.3 Å². The molecule has 0 spiro atoms. The van der Waals surface area contributed by atoms with Gasteiger partial charge in [-0.25, -0.2) is 4.39 Å². The van der Waals surface area contributed by atoms with Gasteiger partial charge in [-0.15, -0.1) is 0 Å². The number of nitrogens with two attached hydrogens (primary N) is 1. The van der Waals surface area contributed by atoms with Crippen molar-refractivity contribution in [1.29, 1.82) is 0 Å². The van der Waals surface area contributed by atoms with Crippen molar-refractivity contribution in [3.8, 4) is 11.5 Å². The third-order valence-electron chi connectivity index (χ3n) is 2.92. The molecule has 0 amide bonds. The average Bonchev–Trinajstić information content (AvgIpc) is 2.42. The maximum atomic E-state index is 13.6. The lowest BCUT2D eigenvalue weighted by Crippen LogP contribution is -2.12. The molecule has 0 unspecified atom stereocenters. The van der Waals surface area contributed by atoms with E-state index >= 15 is 0 Å². The summed E-state index contributed by atoms with van der Waals surface area (Å²) in [6, 6.07) is 7.54. The standard InChI is InChI=1S/C15H13F4NO/c1-9-2-5-13(16)14(6-9)21-11-4-3-10(8-20)12(7-11)15(17,18)19/h2-7H,8,20H2,1H3. The Morgan fingerprint density at radius 1 is 1.10 bits per heavy atom. The van der Waals surface area contributed by atoms with Crippen LogP contribution >= 0.6 is 0 Å². The SMILES string of the molecule is Cc1ccc(F)c(Oc2ccc(CN)c(C(F)(F)F)c2)c1. The van der Waals surface area contributed by atoms with Gasteiger partial charge in [-0.3, -0.25) is 0 Å². The van der Waals surface area contributed by atoms with Crippen LogP contribution in [0.4, 0.5) is 17.6 Å². The molecule has 0 aliphatic carbocycles. The average molecular weight is 299 g/mol. The minimum atomic E-state index is -4.54. The van der Waals surface area contributed by atoms with E-state index in [4.69, 9.17) is 10.5 Å². The molecule has 0 saturated carbocycles. The zero-order valence-electron chi connectivity index (χ0n) is 11.2. The summed E-state index contributed by atoms with van der Waals surface area (Å²) in [5, 5.41) is 0. The number of hydrogen-bond donors (Lipinski definition) is 1. The van der Waals surface area contributed by atoms with Gasteiger partial charge >= 0.3 is 6.18 Å². The van der Waals surface area contributed by atoms with Gasteiger partial charge in [0, 0.05) is 6.54 Å². The van der Waals surface area contributed by atoms with Crippen molar-refractivity contribution in [1.82, 2.24) is 0 Å². The molecular weight excluding hydrogens is 286 g/mol. The van der Waals surface area contributed by atoms with Gasteiger partial charge in [0.2, 0.25) is 0 Å². The van der Waals surface area contributed by atoms with Gasteiger partial charge in [-0.2, -0.15) is 13.2 Å². The lowest BCUT2D eigenvalue weighted by molar-refractivity contribution is -0.138.